The zero-order valence-corrected chi connectivity index (χ0v) is 7.48. The van der Waals surface area contributed by atoms with Crippen LogP contribution in [-0.4, -0.2) is 23.7 Å². The molecule has 0 spiro atoms. The van der Waals surface area contributed by atoms with Gasteiger partial charge in [0.05, 0.1) is 0 Å². The topological polar surface area (TPSA) is 66.5 Å². The molecule has 0 saturated heterocycles. The fraction of sp³-hybridized carbons (Fsp3) is 0.333. The van der Waals surface area contributed by atoms with E-state index in [1.165, 1.54) is 5.56 Å². The van der Waals surface area contributed by atoms with E-state index in [9.17, 15) is 0 Å². The normalized spacial score (nSPS) is 10.1. The molecule has 0 aliphatic rings. The lowest BCUT2D eigenvalue weighted by molar-refractivity contribution is 0.426. The van der Waals surface area contributed by atoms with E-state index in [0.717, 1.165) is 12.8 Å². The van der Waals surface area contributed by atoms with Crippen molar-refractivity contribution in [3.63, 3.8) is 0 Å². The van der Waals surface area contributed by atoms with Gasteiger partial charge in [0.25, 0.3) is 0 Å². The van der Waals surface area contributed by atoms with Crippen LogP contribution in [0, 0.1) is 0 Å². The van der Waals surface area contributed by atoms with Gasteiger partial charge >= 0.3 is 7.12 Å². The maximum Gasteiger partial charge on any atom is 0.488 e. The van der Waals surface area contributed by atoms with Crippen molar-refractivity contribution in [3.8, 4) is 0 Å². The molecule has 13 heavy (non-hydrogen) atoms. The van der Waals surface area contributed by atoms with E-state index in [-0.39, 0.29) is 0 Å². The van der Waals surface area contributed by atoms with E-state index in [0.29, 0.717) is 12.0 Å². The van der Waals surface area contributed by atoms with Crippen molar-refractivity contribution in [2.24, 2.45) is 5.73 Å². The summed E-state index contributed by atoms with van der Waals surface area (Å²) in [6.07, 6.45) is 1.90. The Hall–Kier alpha value is -0.835. The number of rotatable bonds is 4. The molecular formula is C9H14BNO2. The highest BCUT2D eigenvalue weighted by atomic mass is 16.4. The lowest BCUT2D eigenvalue weighted by Gasteiger charge is -2.02. The average Bonchev–Trinajstić information content (AvgIpc) is 2.15. The molecule has 70 valence electrons. The van der Waals surface area contributed by atoms with Crippen LogP contribution in [0.3, 0.4) is 0 Å². The van der Waals surface area contributed by atoms with E-state index < -0.39 is 7.12 Å². The van der Waals surface area contributed by atoms with Crippen molar-refractivity contribution < 1.29 is 10.0 Å². The highest BCUT2D eigenvalue weighted by Gasteiger charge is 2.09. The molecule has 1 rings (SSSR count). The summed E-state index contributed by atoms with van der Waals surface area (Å²) in [6, 6.07) is 7.22. The average molecular weight is 179 g/mol. The highest BCUT2D eigenvalue weighted by Crippen LogP contribution is 2.00. The maximum atomic E-state index is 8.83. The first-order valence-electron chi connectivity index (χ1n) is 4.39. The molecule has 0 aliphatic carbocycles. The van der Waals surface area contributed by atoms with Crippen LogP contribution in [0.5, 0.6) is 0 Å². The summed E-state index contributed by atoms with van der Waals surface area (Å²) in [4.78, 5) is 0. The second kappa shape index (κ2) is 5.02. The summed E-state index contributed by atoms with van der Waals surface area (Å²) < 4.78 is 0. The van der Waals surface area contributed by atoms with Crippen molar-refractivity contribution >= 4 is 12.6 Å². The van der Waals surface area contributed by atoms with Gasteiger partial charge in [-0.15, -0.1) is 0 Å². The molecule has 1 aromatic carbocycles. The number of hydrogen-bond acceptors (Lipinski definition) is 3. The molecule has 0 atom stereocenters. The summed E-state index contributed by atoms with van der Waals surface area (Å²) in [5.41, 5.74) is 7.07. The first-order valence-corrected chi connectivity index (χ1v) is 4.39. The van der Waals surface area contributed by atoms with Gasteiger partial charge in [-0.3, -0.25) is 0 Å². The van der Waals surface area contributed by atoms with Gasteiger partial charge in [0.2, 0.25) is 0 Å². The van der Waals surface area contributed by atoms with Gasteiger partial charge in [0, 0.05) is 0 Å². The monoisotopic (exact) mass is 179 g/mol. The Labute approximate surface area is 78.3 Å². The summed E-state index contributed by atoms with van der Waals surface area (Å²) in [5.74, 6) is 0. The van der Waals surface area contributed by atoms with Gasteiger partial charge in [-0.2, -0.15) is 0 Å². The van der Waals surface area contributed by atoms with Crippen molar-refractivity contribution in [2.45, 2.75) is 12.8 Å². The van der Waals surface area contributed by atoms with Crippen LogP contribution in [-0.2, 0) is 6.42 Å². The van der Waals surface area contributed by atoms with Crippen LogP contribution < -0.4 is 11.2 Å². The van der Waals surface area contributed by atoms with Gasteiger partial charge in [-0.25, -0.2) is 0 Å². The molecule has 0 radical (unpaired) electrons. The number of benzene rings is 1. The van der Waals surface area contributed by atoms with Crippen LogP contribution in [0.2, 0.25) is 0 Å². The van der Waals surface area contributed by atoms with Crippen molar-refractivity contribution in [1.29, 1.82) is 0 Å². The van der Waals surface area contributed by atoms with Crippen LogP contribution >= 0.6 is 0 Å². The molecule has 0 aromatic heterocycles. The Morgan fingerprint density at radius 3 is 2.23 bits per heavy atom. The summed E-state index contributed by atoms with van der Waals surface area (Å²) >= 11 is 0. The Morgan fingerprint density at radius 1 is 1.15 bits per heavy atom. The van der Waals surface area contributed by atoms with E-state index in [1.807, 2.05) is 12.1 Å². The van der Waals surface area contributed by atoms with Gasteiger partial charge in [-0.05, 0) is 30.4 Å². The lowest BCUT2D eigenvalue weighted by atomic mass is 9.80. The predicted octanol–water partition coefficient (Wildman–Crippen LogP) is -0.742. The third-order valence-corrected chi connectivity index (χ3v) is 1.95. The maximum absolute atomic E-state index is 8.83. The molecular weight excluding hydrogens is 165 g/mol. The van der Waals surface area contributed by atoms with E-state index in [1.54, 1.807) is 12.1 Å². The molecule has 0 aliphatic heterocycles. The SMILES string of the molecule is NCCCc1ccc(B(O)O)cc1. The molecule has 3 nitrogen and oxygen atoms in total. The fourth-order valence-electron chi connectivity index (χ4n) is 1.16. The van der Waals surface area contributed by atoms with Crippen LogP contribution in [0.25, 0.3) is 0 Å². The Balaban J connectivity index is 2.59. The molecule has 0 heterocycles. The second-order valence-corrected chi connectivity index (χ2v) is 3.01. The third kappa shape index (κ3) is 3.18. The van der Waals surface area contributed by atoms with Gasteiger partial charge in [0.15, 0.2) is 0 Å². The van der Waals surface area contributed by atoms with Gasteiger partial charge in [-0.1, -0.05) is 24.3 Å². The molecule has 1 aromatic rings. The van der Waals surface area contributed by atoms with Crippen molar-refractivity contribution in [3.05, 3.63) is 29.8 Å². The Morgan fingerprint density at radius 2 is 1.77 bits per heavy atom. The number of aryl methyl sites for hydroxylation is 1. The minimum atomic E-state index is -1.37. The quantitative estimate of drug-likeness (QED) is 0.533. The zero-order valence-electron chi connectivity index (χ0n) is 7.48. The van der Waals surface area contributed by atoms with E-state index >= 15 is 0 Å². The van der Waals surface area contributed by atoms with E-state index in [2.05, 4.69) is 0 Å². The van der Waals surface area contributed by atoms with Crippen molar-refractivity contribution in [1.82, 2.24) is 0 Å². The van der Waals surface area contributed by atoms with Crippen molar-refractivity contribution in [2.75, 3.05) is 6.54 Å². The molecule has 0 fully saturated rings. The largest absolute Gasteiger partial charge is 0.488 e. The molecule has 0 saturated carbocycles. The zero-order chi connectivity index (χ0) is 9.68. The van der Waals surface area contributed by atoms with Crippen LogP contribution in [0.15, 0.2) is 24.3 Å². The first kappa shape index (κ1) is 10.2. The summed E-state index contributed by atoms with van der Waals surface area (Å²) in [7, 11) is -1.37. The minimum Gasteiger partial charge on any atom is -0.423 e. The number of hydrogen-bond donors (Lipinski definition) is 3. The first-order chi connectivity index (χ1) is 6.24. The highest BCUT2D eigenvalue weighted by molar-refractivity contribution is 6.58. The van der Waals surface area contributed by atoms with Crippen LogP contribution in [0.4, 0.5) is 0 Å². The Kier molecular flexibility index (Phi) is 3.95. The second-order valence-electron chi connectivity index (χ2n) is 3.01. The lowest BCUT2D eigenvalue weighted by Crippen LogP contribution is -2.29. The molecule has 4 heteroatoms. The minimum absolute atomic E-state index is 0.525. The van der Waals surface area contributed by atoms with Gasteiger partial charge < -0.3 is 15.8 Å². The predicted molar refractivity (Wildman–Crippen MR) is 53.6 cm³/mol. The summed E-state index contributed by atoms with van der Waals surface area (Å²) in [5, 5.41) is 17.7. The van der Waals surface area contributed by atoms with E-state index in [4.69, 9.17) is 15.8 Å². The van der Waals surface area contributed by atoms with Gasteiger partial charge in [0.1, 0.15) is 0 Å². The molecule has 0 bridgehead atoms. The summed E-state index contributed by atoms with van der Waals surface area (Å²) in [6.45, 7) is 0.685. The molecule has 0 amide bonds. The standard InChI is InChI=1S/C9H14BNO2/c11-7-1-2-8-3-5-9(6-4-8)10(12)13/h3-6,12-13H,1-2,7,11H2. The Bertz CT molecular complexity index is 248. The molecule has 0 unspecified atom stereocenters. The smallest absolute Gasteiger partial charge is 0.423 e. The third-order valence-electron chi connectivity index (χ3n) is 1.95. The van der Waals surface area contributed by atoms with Crippen LogP contribution in [0.1, 0.15) is 12.0 Å². The molecule has 4 N–H and O–H groups in total. The fourth-order valence-corrected chi connectivity index (χ4v) is 1.16. The number of nitrogens with two attached hydrogens (primary N) is 1.